The predicted octanol–water partition coefficient (Wildman–Crippen LogP) is 6.38. The summed E-state index contributed by atoms with van der Waals surface area (Å²) in [6.45, 7) is 3.38. The molecular weight excluding hydrogens is 352 g/mol. The molecule has 0 aromatic heterocycles. The fourth-order valence-electron chi connectivity index (χ4n) is 4.29. The van der Waals surface area contributed by atoms with Gasteiger partial charge in [0, 0.05) is 12.2 Å². The summed E-state index contributed by atoms with van der Waals surface area (Å²) < 4.78 is 0. The lowest BCUT2D eigenvalue weighted by Crippen LogP contribution is -2.29. The van der Waals surface area contributed by atoms with Gasteiger partial charge in [-0.25, -0.2) is 0 Å². The van der Waals surface area contributed by atoms with Gasteiger partial charge < -0.3 is 10.6 Å². The maximum absolute atomic E-state index is 6.09. The van der Waals surface area contributed by atoms with Gasteiger partial charge in [0.2, 0.25) is 0 Å². The van der Waals surface area contributed by atoms with Crippen molar-refractivity contribution in [3.8, 4) is 0 Å². The SMILES string of the molecule is Cc1ccc(N(CN)Cc2ccc3c4ccccc4c4ccccc4c3c2)cc1. The Kier molecular flexibility index (Phi) is 4.42. The second kappa shape index (κ2) is 7.23. The van der Waals surface area contributed by atoms with Crippen molar-refractivity contribution in [1.82, 2.24) is 0 Å². The maximum atomic E-state index is 6.09. The first-order valence-electron chi connectivity index (χ1n) is 10.1. The number of hydrogen-bond donors (Lipinski definition) is 1. The topological polar surface area (TPSA) is 29.3 Å². The Morgan fingerprint density at radius 2 is 1.14 bits per heavy atom. The smallest absolute Gasteiger partial charge is 0.0660 e. The van der Waals surface area contributed by atoms with Crippen LogP contribution in [0.4, 0.5) is 5.69 Å². The molecule has 5 rings (SSSR count). The Hall–Kier alpha value is -3.36. The lowest BCUT2D eigenvalue weighted by molar-refractivity contribution is 0.812. The van der Waals surface area contributed by atoms with Gasteiger partial charge in [-0.3, -0.25) is 0 Å². The number of anilines is 1. The molecule has 0 aliphatic rings. The molecule has 142 valence electrons. The number of nitrogens with zero attached hydrogens (tertiary/aromatic N) is 1. The fraction of sp³-hybridized carbons (Fsp3) is 0.111. The predicted molar refractivity (Wildman–Crippen MR) is 125 cm³/mol. The molecule has 0 saturated carbocycles. The van der Waals surface area contributed by atoms with E-state index in [0.29, 0.717) is 6.67 Å². The summed E-state index contributed by atoms with van der Waals surface area (Å²) in [6, 6.07) is 32.8. The largest absolute Gasteiger partial charge is 0.355 e. The molecule has 0 spiro atoms. The Morgan fingerprint density at radius 3 is 1.69 bits per heavy atom. The fourth-order valence-corrected chi connectivity index (χ4v) is 4.29. The molecule has 0 amide bonds. The van der Waals surface area contributed by atoms with E-state index in [9.17, 15) is 0 Å². The zero-order chi connectivity index (χ0) is 19.8. The van der Waals surface area contributed by atoms with Gasteiger partial charge in [0.1, 0.15) is 0 Å². The molecule has 0 heterocycles. The monoisotopic (exact) mass is 376 g/mol. The third kappa shape index (κ3) is 3.12. The second-order valence-electron chi connectivity index (χ2n) is 7.69. The minimum Gasteiger partial charge on any atom is -0.355 e. The number of aryl methyl sites for hydroxylation is 1. The molecule has 0 radical (unpaired) electrons. The third-order valence-electron chi connectivity index (χ3n) is 5.80. The van der Waals surface area contributed by atoms with E-state index < -0.39 is 0 Å². The molecule has 0 atom stereocenters. The molecular formula is C27H24N2. The summed E-state index contributed by atoms with van der Waals surface area (Å²) in [6.07, 6.45) is 0. The number of benzene rings is 5. The van der Waals surface area contributed by atoms with Crippen LogP contribution in [0.2, 0.25) is 0 Å². The number of nitrogens with two attached hydrogens (primary N) is 1. The van der Waals surface area contributed by atoms with E-state index in [0.717, 1.165) is 12.2 Å². The van der Waals surface area contributed by atoms with Gasteiger partial charge in [-0.15, -0.1) is 0 Å². The van der Waals surface area contributed by atoms with Crippen molar-refractivity contribution >= 4 is 38.0 Å². The van der Waals surface area contributed by atoms with Gasteiger partial charge >= 0.3 is 0 Å². The summed E-state index contributed by atoms with van der Waals surface area (Å²) >= 11 is 0. The van der Waals surface area contributed by atoms with Crippen LogP contribution in [0.3, 0.4) is 0 Å². The summed E-state index contributed by atoms with van der Waals surface area (Å²) in [5.74, 6) is 0. The van der Waals surface area contributed by atoms with Crippen molar-refractivity contribution < 1.29 is 0 Å². The van der Waals surface area contributed by atoms with Gasteiger partial charge in [-0.05, 0) is 63.0 Å². The molecule has 0 aliphatic carbocycles. The normalized spacial score (nSPS) is 11.4. The summed E-state index contributed by atoms with van der Waals surface area (Å²) in [5, 5.41) is 7.84. The first kappa shape index (κ1) is 17.7. The van der Waals surface area contributed by atoms with Crippen LogP contribution in [0.25, 0.3) is 32.3 Å². The molecule has 0 saturated heterocycles. The highest BCUT2D eigenvalue weighted by molar-refractivity contribution is 6.25. The van der Waals surface area contributed by atoms with E-state index in [4.69, 9.17) is 5.73 Å². The summed E-state index contributed by atoms with van der Waals surface area (Å²) in [5.41, 5.74) is 9.78. The highest BCUT2D eigenvalue weighted by atomic mass is 15.2. The molecule has 0 aliphatic heterocycles. The zero-order valence-electron chi connectivity index (χ0n) is 16.6. The van der Waals surface area contributed by atoms with Crippen molar-refractivity contribution in [1.29, 1.82) is 0 Å². The number of fused-ring (bicyclic) bond motifs is 6. The number of rotatable bonds is 4. The minimum atomic E-state index is 0.486. The Bertz CT molecular complexity index is 1280. The maximum Gasteiger partial charge on any atom is 0.0660 e. The molecule has 5 aromatic carbocycles. The molecule has 0 bridgehead atoms. The summed E-state index contributed by atoms with van der Waals surface area (Å²) in [4.78, 5) is 2.21. The van der Waals surface area contributed by atoms with Crippen LogP contribution in [0.1, 0.15) is 11.1 Å². The molecule has 0 unspecified atom stereocenters. The average molecular weight is 377 g/mol. The van der Waals surface area contributed by atoms with Crippen molar-refractivity contribution in [3.05, 3.63) is 102 Å². The molecule has 5 aromatic rings. The second-order valence-corrected chi connectivity index (χ2v) is 7.69. The number of hydrogen-bond acceptors (Lipinski definition) is 2. The molecule has 0 fully saturated rings. The van der Waals surface area contributed by atoms with E-state index in [1.54, 1.807) is 0 Å². The van der Waals surface area contributed by atoms with Crippen LogP contribution in [0.5, 0.6) is 0 Å². The highest BCUT2D eigenvalue weighted by Gasteiger charge is 2.10. The third-order valence-corrected chi connectivity index (χ3v) is 5.80. The first-order chi connectivity index (χ1) is 14.2. The Morgan fingerprint density at radius 1 is 0.621 bits per heavy atom. The minimum absolute atomic E-state index is 0.486. The van der Waals surface area contributed by atoms with Crippen molar-refractivity contribution in [2.24, 2.45) is 5.73 Å². The zero-order valence-corrected chi connectivity index (χ0v) is 16.6. The highest BCUT2D eigenvalue weighted by Crippen LogP contribution is 2.35. The van der Waals surface area contributed by atoms with Crippen LogP contribution in [0, 0.1) is 6.92 Å². The molecule has 2 N–H and O–H groups in total. The van der Waals surface area contributed by atoms with Crippen LogP contribution >= 0.6 is 0 Å². The standard InChI is InChI=1S/C27H24N2/c1-19-10-13-21(14-11-19)29(18-28)17-20-12-15-26-24-8-3-2-6-22(24)23-7-4-5-9-25(23)27(26)16-20/h2-16H,17-18,28H2,1H3. The molecule has 29 heavy (non-hydrogen) atoms. The van der Waals surface area contributed by atoms with E-state index in [2.05, 4.69) is 103 Å². The van der Waals surface area contributed by atoms with Crippen LogP contribution < -0.4 is 10.6 Å². The Balaban J connectivity index is 1.66. The van der Waals surface area contributed by atoms with Crippen molar-refractivity contribution in [3.63, 3.8) is 0 Å². The van der Waals surface area contributed by atoms with Gasteiger partial charge in [-0.1, -0.05) is 78.4 Å². The van der Waals surface area contributed by atoms with Crippen LogP contribution in [0.15, 0.2) is 91.0 Å². The Labute approximate surface area is 171 Å². The van der Waals surface area contributed by atoms with Crippen LogP contribution in [-0.2, 0) is 6.54 Å². The quantitative estimate of drug-likeness (QED) is 0.291. The van der Waals surface area contributed by atoms with E-state index in [-0.39, 0.29) is 0 Å². The lowest BCUT2D eigenvalue weighted by Gasteiger charge is -2.23. The van der Waals surface area contributed by atoms with Gasteiger partial charge in [0.15, 0.2) is 0 Å². The van der Waals surface area contributed by atoms with E-state index in [1.165, 1.54) is 43.4 Å². The molecule has 2 heteroatoms. The summed E-state index contributed by atoms with van der Waals surface area (Å²) in [7, 11) is 0. The lowest BCUT2D eigenvalue weighted by atomic mass is 9.93. The van der Waals surface area contributed by atoms with Crippen molar-refractivity contribution in [2.45, 2.75) is 13.5 Å². The van der Waals surface area contributed by atoms with Gasteiger partial charge in [0.25, 0.3) is 0 Å². The van der Waals surface area contributed by atoms with Crippen LogP contribution in [-0.4, -0.2) is 6.67 Å². The van der Waals surface area contributed by atoms with E-state index in [1.807, 2.05) is 0 Å². The van der Waals surface area contributed by atoms with Gasteiger partial charge in [0.05, 0.1) is 6.67 Å². The average Bonchev–Trinajstić information content (AvgIpc) is 2.78. The van der Waals surface area contributed by atoms with E-state index >= 15 is 0 Å². The first-order valence-corrected chi connectivity index (χ1v) is 10.1. The van der Waals surface area contributed by atoms with Gasteiger partial charge in [-0.2, -0.15) is 0 Å². The van der Waals surface area contributed by atoms with Crippen molar-refractivity contribution in [2.75, 3.05) is 11.6 Å². The molecule has 2 nitrogen and oxygen atoms in total.